The van der Waals surface area contributed by atoms with E-state index in [1.165, 1.54) is 13.2 Å². The van der Waals surface area contributed by atoms with Gasteiger partial charge in [-0.05, 0) is 37.3 Å². The molecule has 2 aromatic carbocycles. The van der Waals surface area contributed by atoms with E-state index in [9.17, 15) is 10.2 Å². The van der Waals surface area contributed by atoms with Crippen molar-refractivity contribution in [2.45, 2.75) is 12.5 Å². The van der Waals surface area contributed by atoms with Crippen LogP contribution in [-0.2, 0) is 10.3 Å². The van der Waals surface area contributed by atoms with Crippen LogP contribution in [0.15, 0.2) is 42.7 Å². The smallest absolute Gasteiger partial charge is 0.203 e. The second-order valence-electron chi connectivity index (χ2n) is 7.52. The van der Waals surface area contributed by atoms with Gasteiger partial charge in [-0.1, -0.05) is 0 Å². The van der Waals surface area contributed by atoms with Crippen molar-refractivity contribution < 1.29 is 24.1 Å². The molecule has 2 aromatic heterocycles. The van der Waals surface area contributed by atoms with Gasteiger partial charge in [0.15, 0.2) is 17.3 Å². The van der Waals surface area contributed by atoms with Crippen LogP contribution >= 0.6 is 0 Å². The summed E-state index contributed by atoms with van der Waals surface area (Å²) in [5.41, 5.74) is 1.82. The molecule has 8 nitrogen and oxygen atoms in total. The third-order valence-corrected chi connectivity index (χ3v) is 5.41. The lowest BCUT2D eigenvalue weighted by Crippen LogP contribution is -2.49. The summed E-state index contributed by atoms with van der Waals surface area (Å²) in [7, 11) is 1.33. The van der Waals surface area contributed by atoms with E-state index in [0.29, 0.717) is 24.6 Å². The SMILES string of the molecule is COc1cc(-c2nc3ccc(-n4cccn4)cc3n2C2(C)COC2)c(F)c(O)c1O. The minimum absolute atomic E-state index is 0.0205. The molecule has 30 heavy (non-hydrogen) atoms. The first kappa shape index (κ1) is 18.4. The highest BCUT2D eigenvalue weighted by atomic mass is 19.1. The molecule has 154 valence electrons. The largest absolute Gasteiger partial charge is 0.502 e. The van der Waals surface area contributed by atoms with Gasteiger partial charge in [-0.3, -0.25) is 0 Å². The summed E-state index contributed by atoms with van der Waals surface area (Å²) in [5, 5.41) is 24.3. The Labute approximate surface area is 170 Å². The van der Waals surface area contributed by atoms with E-state index in [2.05, 4.69) is 10.1 Å². The molecule has 1 fully saturated rings. The van der Waals surface area contributed by atoms with Gasteiger partial charge in [-0.25, -0.2) is 14.1 Å². The molecule has 2 N–H and O–H groups in total. The lowest BCUT2D eigenvalue weighted by Gasteiger charge is -2.40. The Balaban J connectivity index is 1.81. The molecule has 9 heteroatoms. The normalized spacial score (nSPS) is 15.3. The molecule has 0 spiro atoms. The molecule has 1 aliphatic heterocycles. The maximum Gasteiger partial charge on any atom is 0.203 e. The molecule has 0 saturated carbocycles. The van der Waals surface area contributed by atoms with Crippen LogP contribution < -0.4 is 4.74 Å². The topological polar surface area (TPSA) is 94.6 Å². The number of phenolic OH excluding ortho intramolecular Hbond substituents is 2. The molecule has 0 amide bonds. The number of fused-ring (bicyclic) bond motifs is 1. The number of hydrogen-bond acceptors (Lipinski definition) is 6. The highest BCUT2D eigenvalue weighted by Gasteiger charge is 2.39. The number of methoxy groups -OCH3 is 1. The van der Waals surface area contributed by atoms with Crippen molar-refractivity contribution in [2.75, 3.05) is 20.3 Å². The molecular weight excluding hydrogens is 391 g/mol. The molecule has 0 unspecified atom stereocenters. The number of ether oxygens (including phenoxy) is 2. The van der Waals surface area contributed by atoms with Gasteiger partial charge in [0, 0.05) is 12.4 Å². The Bertz CT molecular complexity index is 1260. The van der Waals surface area contributed by atoms with Crippen molar-refractivity contribution in [1.82, 2.24) is 19.3 Å². The van der Waals surface area contributed by atoms with Crippen LogP contribution in [0.2, 0.25) is 0 Å². The van der Waals surface area contributed by atoms with E-state index in [-0.39, 0.29) is 11.3 Å². The van der Waals surface area contributed by atoms with Crippen molar-refractivity contribution in [3.63, 3.8) is 0 Å². The molecule has 0 bridgehead atoms. The average molecular weight is 410 g/mol. The van der Waals surface area contributed by atoms with Gasteiger partial charge in [-0.2, -0.15) is 5.10 Å². The second-order valence-corrected chi connectivity index (χ2v) is 7.52. The zero-order valence-electron chi connectivity index (χ0n) is 16.3. The summed E-state index contributed by atoms with van der Waals surface area (Å²) in [6.07, 6.45) is 3.52. The number of imidazole rings is 1. The molecular formula is C21H19FN4O4. The minimum Gasteiger partial charge on any atom is -0.502 e. The summed E-state index contributed by atoms with van der Waals surface area (Å²) in [6.45, 7) is 2.86. The van der Waals surface area contributed by atoms with Crippen LogP contribution in [0.1, 0.15) is 6.92 Å². The third kappa shape index (κ3) is 2.55. The summed E-state index contributed by atoms with van der Waals surface area (Å²) in [4.78, 5) is 4.65. The van der Waals surface area contributed by atoms with E-state index in [0.717, 1.165) is 11.2 Å². The fraction of sp³-hybridized carbons (Fsp3) is 0.238. The first-order valence-electron chi connectivity index (χ1n) is 9.32. The maximum atomic E-state index is 15.0. The third-order valence-electron chi connectivity index (χ3n) is 5.41. The Hall–Kier alpha value is -3.59. The van der Waals surface area contributed by atoms with Crippen LogP contribution in [-0.4, -0.2) is 49.9 Å². The first-order valence-corrected chi connectivity index (χ1v) is 9.32. The predicted octanol–water partition coefficient (Wildman–Crippen LogP) is 3.19. The summed E-state index contributed by atoms with van der Waals surface area (Å²) < 4.78 is 29.2. The Morgan fingerprint density at radius 3 is 2.63 bits per heavy atom. The summed E-state index contributed by atoms with van der Waals surface area (Å²) in [6, 6.07) is 8.80. The van der Waals surface area contributed by atoms with E-state index in [4.69, 9.17) is 9.47 Å². The number of nitrogens with zero attached hydrogens (tertiary/aromatic N) is 4. The first-order chi connectivity index (χ1) is 14.4. The number of hydrogen-bond donors (Lipinski definition) is 2. The predicted molar refractivity (Wildman–Crippen MR) is 107 cm³/mol. The van der Waals surface area contributed by atoms with Crippen molar-refractivity contribution >= 4 is 11.0 Å². The van der Waals surface area contributed by atoms with Gasteiger partial charge < -0.3 is 24.3 Å². The number of benzene rings is 2. The van der Waals surface area contributed by atoms with Gasteiger partial charge in [0.05, 0.1) is 48.1 Å². The minimum atomic E-state index is -0.971. The summed E-state index contributed by atoms with van der Waals surface area (Å²) in [5.74, 6) is -2.24. The standard InChI is InChI=1S/C21H19FN4O4/c1-21(10-30-11-21)26-15-8-12(25-7-3-6-23-25)4-5-14(15)24-20(26)13-9-16(29-2)18(27)19(28)17(13)22/h3-9,27-28H,10-11H2,1-2H3. The lowest BCUT2D eigenvalue weighted by molar-refractivity contribution is -0.0868. The van der Waals surface area contributed by atoms with Gasteiger partial charge in [-0.15, -0.1) is 0 Å². The van der Waals surface area contributed by atoms with E-state index in [1.54, 1.807) is 10.9 Å². The second kappa shape index (κ2) is 6.46. The van der Waals surface area contributed by atoms with Crippen molar-refractivity contribution in [3.05, 3.63) is 48.5 Å². The molecule has 3 heterocycles. The Morgan fingerprint density at radius 1 is 1.20 bits per heavy atom. The number of aromatic nitrogens is 4. The average Bonchev–Trinajstić information content (AvgIpc) is 3.38. The van der Waals surface area contributed by atoms with Crippen molar-refractivity contribution in [2.24, 2.45) is 0 Å². The van der Waals surface area contributed by atoms with Gasteiger partial charge in [0.2, 0.25) is 5.75 Å². The van der Waals surface area contributed by atoms with Crippen LogP contribution in [0, 0.1) is 5.82 Å². The monoisotopic (exact) mass is 410 g/mol. The molecule has 0 radical (unpaired) electrons. The zero-order chi connectivity index (χ0) is 21.0. The number of rotatable bonds is 4. The van der Waals surface area contributed by atoms with Crippen LogP contribution in [0.3, 0.4) is 0 Å². The highest BCUT2D eigenvalue weighted by Crippen LogP contribution is 2.44. The molecule has 0 atom stereocenters. The molecule has 5 rings (SSSR count). The fourth-order valence-corrected chi connectivity index (χ4v) is 3.81. The molecule has 4 aromatic rings. The summed E-state index contributed by atoms with van der Waals surface area (Å²) >= 11 is 0. The molecule has 0 aliphatic carbocycles. The highest BCUT2D eigenvalue weighted by molar-refractivity contribution is 5.84. The van der Waals surface area contributed by atoms with Crippen LogP contribution in [0.5, 0.6) is 17.2 Å². The number of halogens is 1. The number of phenols is 2. The van der Waals surface area contributed by atoms with Crippen molar-refractivity contribution in [1.29, 1.82) is 0 Å². The van der Waals surface area contributed by atoms with Crippen molar-refractivity contribution in [3.8, 4) is 34.3 Å². The Kier molecular flexibility index (Phi) is 3.97. The number of aromatic hydroxyl groups is 2. The zero-order valence-corrected chi connectivity index (χ0v) is 16.3. The van der Waals surface area contributed by atoms with E-state index >= 15 is 4.39 Å². The molecule has 1 aliphatic rings. The maximum absolute atomic E-state index is 15.0. The van der Waals surface area contributed by atoms with Crippen LogP contribution in [0.4, 0.5) is 4.39 Å². The quantitative estimate of drug-likeness (QED) is 0.502. The Morgan fingerprint density at radius 2 is 2.00 bits per heavy atom. The lowest BCUT2D eigenvalue weighted by atomic mass is 9.98. The van der Waals surface area contributed by atoms with Gasteiger partial charge in [0.25, 0.3) is 0 Å². The molecule has 1 saturated heterocycles. The van der Waals surface area contributed by atoms with Gasteiger partial charge in [0.1, 0.15) is 5.82 Å². The van der Waals surface area contributed by atoms with E-state index < -0.39 is 22.9 Å². The van der Waals surface area contributed by atoms with E-state index in [1.807, 2.05) is 42.0 Å². The van der Waals surface area contributed by atoms with Gasteiger partial charge >= 0.3 is 0 Å². The fourth-order valence-electron chi connectivity index (χ4n) is 3.81. The van der Waals surface area contributed by atoms with Crippen LogP contribution in [0.25, 0.3) is 28.1 Å².